The molecule has 0 spiro atoms. The van der Waals surface area contributed by atoms with E-state index in [9.17, 15) is 0 Å². The van der Waals surface area contributed by atoms with E-state index in [1.807, 2.05) is 48.7 Å². The molecule has 5 nitrogen and oxygen atoms in total. The van der Waals surface area contributed by atoms with Crippen molar-refractivity contribution in [1.29, 1.82) is 0 Å². The number of hydrogen-bond donors (Lipinski definition) is 1. The van der Waals surface area contributed by atoms with Crippen LogP contribution in [0, 0.1) is 6.92 Å². The van der Waals surface area contributed by atoms with Crippen LogP contribution >= 0.6 is 12.2 Å². The van der Waals surface area contributed by atoms with Gasteiger partial charge in [0.2, 0.25) is 0 Å². The summed E-state index contributed by atoms with van der Waals surface area (Å²) >= 11 is 5.84. The molecular weight excluding hydrogens is 416 g/mol. The molecule has 32 heavy (non-hydrogen) atoms. The standard InChI is InChI=1S/C26H24N4OS/c1-18-7-5-8-20(17-18)29-16-6-10-23(29)25-24(22-9-3-4-15-27-22)28-26(32)30(25)19-11-13-21(31-2)14-12-19/h3-17,24-25H,1-2H3,(H,28,32)/t24-,25-/m1/s1. The summed E-state index contributed by atoms with van der Waals surface area (Å²) < 4.78 is 7.59. The second-order valence-corrected chi connectivity index (χ2v) is 8.22. The van der Waals surface area contributed by atoms with Gasteiger partial charge in [-0.25, -0.2) is 0 Å². The van der Waals surface area contributed by atoms with Crippen LogP contribution in [0.25, 0.3) is 5.69 Å². The molecule has 1 aliphatic heterocycles. The Hall–Kier alpha value is -3.64. The minimum Gasteiger partial charge on any atom is -0.497 e. The maximum atomic E-state index is 5.84. The molecule has 0 aliphatic carbocycles. The highest BCUT2D eigenvalue weighted by molar-refractivity contribution is 7.80. The summed E-state index contributed by atoms with van der Waals surface area (Å²) in [5.41, 5.74) is 5.43. The highest BCUT2D eigenvalue weighted by Gasteiger charge is 2.42. The molecule has 0 radical (unpaired) electrons. The van der Waals surface area contributed by atoms with Gasteiger partial charge in [0.25, 0.3) is 0 Å². The van der Waals surface area contributed by atoms with E-state index in [1.54, 1.807) is 7.11 Å². The van der Waals surface area contributed by atoms with Crippen molar-refractivity contribution in [3.63, 3.8) is 0 Å². The minimum absolute atomic E-state index is 0.0821. The molecule has 1 saturated heterocycles. The van der Waals surface area contributed by atoms with Crippen LogP contribution < -0.4 is 15.0 Å². The van der Waals surface area contributed by atoms with E-state index in [4.69, 9.17) is 17.0 Å². The molecular formula is C26H24N4OS. The maximum Gasteiger partial charge on any atom is 0.174 e. The number of ether oxygens (including phenoxy) is 1. The predicted molar refractivity (Wildman–Crippen MR) is 131 cm³/mol. The fourth-order valence-corrected chi connectivity index (χ4v) is 4.67. The lowest BCUT2D eigenvalue weighted by Gasteiger charge is -2.29. The Morgan fingerprint density at radius 2 is 1.78 bits per heavy atom. The number of hydrogen-bond acceptors (Lipinski definition) is 3. The molecule has 2 atom stereocenters. The van der Waals surface area contributed by atoms with E-state index in [2.05, 4.69) is 69.3 Å². The van der Waals surface area contributed by atoms with Crippen LogP contribution in [0.1, 0.15) is 29.0 Å². The number of methoxy groups -OCH3 is 1. The van der Waals surface area contributed by atoms with Crippen molar-refractivity contribution in [1.82, 2.24) is 14.9 Å². The molecule has 0 unspecified atom stereocenters. The van der Waals surface area contributed by atoms with Gasteiger partial charge in [-0.15, -0.1) is 0 Å². The number of anilines is 1. The second-order valence-electron chi connectivity index (χ2n) is 7.84. The van der Waals surface area contributed by atoms with E-state index >= 15 is 0 Å². The molecule has 3 heterocycles. The van der Waals surface area contributed by atoms with Crippen LogP contribution in [0.3, 0.4) is 0 Å². The highest BCUT2D eigenvalue weighted by atomic mass is 32.1. The topological polar surface area (TPSA) is 42.3 Å². The van der Waals surface area contributed by atoms with Gasteiger partial charge in [-0.1, -0.05) is 18.2 Å². The van der Waals surface area contributed by atoms with E-state index in [0.717, 1.165) is 28.5 Å². The van der Waals surface area contributed by atoms with Crippen molar-refractivity contribution < 1.29 is 4.74 Å². The van der Waals surface area contributed by atoms with Crippen LogP contribution in [0.5, 0.6) is 5.75 Å². The summed E-state index contributed by atoms with van der Waals surface area (Å²) in [5, 5.41) is 4.20. The Bertz CT molecular complexity index is 1240. The average molecular weight is 441 g/mol. The molecule has 2 aromatic carbocycles. The number of benzene rings is 2. The first kappa shape index (κ1) is 20.3. The van der Waals surface area contributed by atoms with Crippen molar-refractivity contribution >= 4 is 23.0 Å². The highest BCUT2D eigenvalue weighted by Crippen LogP contribution is 2.42. The molecule has 0 saturated carbocycles. The monoisotopic (exact) mass is 440 g/mol. The predicted octanol–water partition coefficient (Wildman–Crippen LogP) is 5.37. The minimum atomic E-state index is -0.0933. The SMILES string of the molecule is COc1ccc(N2C(=S)N[C@H](c3ccccn3)[C@H]2c2cccn2-c2cccc(C)c2)cc1. The third kappa shape index (κ3) is 3.63. The molecule has 160 valence electrons. The third-order valence-corrected chi connectivity index (χ3v) is 6.13. The van der Waals surface area contributed by atoms with Crippen molar-refractivity contribution in [2.75, 3.05) is 12.0 Å². The van der Waals surface area contributed by atoms with Crippen molar-refractivity contribution in [3.8, 4) is 11.4 Å². The van der Waals surface area contributed by atoms with Gasteiger partial charge in [0, 0.05) is 29.5 Å². The van der Waals surface area contributed by atoms with Gasteiger partial charge in [-0.2, -0.15) is 0 Å². The first-order chi connectivity index (χ1) is 15.7. The third-order valence-electron chi connectivity index (χ3n) is 5.81. The van der Waals surface area contributed by atoms with E-state index in [1.165, 1.54) is 5.56 Å². The number of aryl methyl sites for hydroxylation is 1. The van der Waals surface area contributed by atoms with Gasteiger partial charge in [0.05, 0.1) is 18.8 Å². The zero-order chi connectivity index (χ0) is 22.1. The number of rotatable bonds is 5. The number of nitrogens with zero attached hydrogens (tertiary/aromatic N) is 3. The molecule has 1 fully saturated rings. The van der Waals surface area contributed by atoms with Gasteiger partial charge in [0.15, 0.2) is 5.11 Å². The number of nitrogens with one attached hydrogen (secondary N) is 1. The first-order valence-electron chi connectivity index (χ1n) is 10.5. The molecule has 5 rings (SSSR count). The summed E-state index contributed by atoms with van der Waals surface area (Å²) in [5.74, 6) is 0.813. The van der Waals surface area contributed by atoms with E-state index < -0.39 is 0 Å². The number of thiocarbonyl (C=S) groups is 1. The largest absolute Gasteiger partial charge is 0.497 e. The zero-order valence-corrected chi connectivity index (χ0v) is 18.8. The van der Waals surface area contributed by atoms with Gasteiger partial charge in [-0.3, -0.25) is 4.98 Å². The maximum absolute atomic E-state index is 5.84. The zero-order valence-electron chi connectivity index (χ0n) is 18.0. The molecule has 0 bridgehead atoms. The van der Waals surface area contributed by atoms with Crippen molar-refractivity contribution in [3.05, 3.63) is 108 Å². The van der Waals surface area contributed by atoms with Gasteiger partial charge < -0.3 is 19.5 Å². The summed E-state index contributed by atoms with van der Waals surface area (Å²) in [6, 6.07) is 26.6. The Kier molecular flexibility index (Phi) is 5.37. The molecule has 2 aromatic heterocycles. The molecule has 1 N–H and O–H groups in total. The van der Waals surface area contributed by atoms with Gasteiger partial charge in [-0.05, 0) is 85.4 Å². The fourth-order valence-electron chi connectivity index (χ4n) is 4.32. The number of aromatic nitrogens is 2. The average Bonchev–Trinajstić information content (AvgIpc) is 3.44. The van der Waals surface area contributed by atoms with Gasteiger partial charge >= 0.3 is 0 Å². The lowest BCUT2D eigenvalue weighted by molar-refractivity contribution is 0.415. The summed E-state index contributed by atoms with van der Waals surface area (Å²) in [4.78, 5) is 6.83. The molecule has 6 heteroatoms. The quantitative estimate of drug-likeness (QED) is 0.423. The van der Waals surface area contributed by atoms with Crippen molar-refractivity contribution in [2.24, 2.45) is 0 Å². The molecule has 0 amide bonds. The van der Waals surface area contributed by atoms with Gasteiger partial charge in [0.1, 0.15) is 11.8 Å². The number of pyridine rings is 1. The normalized spacial score (nSPS) is 17.9. The summed E-state index contributed by atoms with van der Waals surface area (Å²) in [7, 11) is 1.67. The Morgan fingerprint density at radius 3 is 2.50 bits per heavy atom. The fraction of sp³-hybridized carbons (Fsp3) is 0.154. The summed E-state index contributed by atoms with van der Waals surface area (Å²) in [6.07, 6.45) is 3.93. The second kappa shape index (κ2) is 8.48. The summed E-state index contributed by atoms with van der Waals surface area (Å²) in [6.45, 7) is 2.11. The van der Waals surface area contributed by atoms with Crippen molar-refractivity contribution in [2.45, 2.75) is 19.0 Å². The van der Waals surface area contributed by atoms with E-state index in [0.29, 0.717) is 5.11 Å². The Morgan fingerprint density at radius 1 is 0.938 bits per heavy atom. The first-order valence-corrected chi connectivity index (χ1v) is 11.0. The Balaban J connectivity index is 1.65. The smallest absolute Gasteiger partial charge is 0.174 e. The molecule has 4 aromatic rings. The lowest BCUT2D eigenvalue weighted by Crippen LogP contribution is -2.30. The van der Waals surface area contributed by atoms with Crippen LogP contribution in [0.4, 0.5) is 5.69 Å². The van der Waals surface area contributed by atoms with Crippen LogP contribution in [0.15, 0.2) is 91.3 Å². The lowest BCUT2D eigenvalue weighted by atomic mass is 10.0. The van der Waals surface area contributed by atoms with E-state index in [-0.39, 0.29) is 12.1 Å². The van der Waals surface area contributed by atoms with Crippen LogP contribution in [0.2, 0.25) is 0 Å². The van der Waals surface area contributed by atoms with Crippen LogP contribution in [-0.2, 0) is 0 Å². The Labute approximate surface area is 193 Å². The van der Waals surface area contributed by atoms with Crippen LogP contribution in [-0.4, -0.2) is 21.8 Å². The molecule has 1 aliphatic rings.